The molecule has 1 saturated carbocycles. The number of ether oxygens (including phenoxy) is 1. The van der Waals surface area contributed by atoms with E-state index in [2.05, 4.69) is 39.6 Å². The van der Waals surface area contributed by atoms with E-state index in [0.29, 0.717) is 11.8 Å². The molecule has 2 unspecified atom stereocenters. The number of hydrogen-bond donors (Lipinski definition) is 2. The summed E-state index contributed by atoms with van der Waals surface area (Å²) in [6, 6.07) is 8.57. The van der Waals surface area contributed by atoms with Crippen LogP contribution in [-0.4, -0.2) is 56.6 Å². The van der Waals surface area contributed by atoms with Crippen LogP contribution >= 0.6 is 0 Å². The molecule has 3 rings (SSSR count). The highest BCUT2D eigenvalue weighted by molar-refractivity contribution is 5.81. The van der Waals surface area contributed by atoms with Crippen LogP contribution < -0.4 is 15.4 Å². The number of methoxy groups -OCH3 is 1. The van der Waals surface area contributed by atoms with Crippen molar-refractivity contribution in [3.63, 3.8) is 0 Å². The van der Waals surface area contributed by atoms with Crippen molar-refractivity contribution in [2.45, 2.75) is 63.8 Å². The van der Waals surface area contributed by atoms with Gasteiger partial charge < -0.3 is 20.3 Å². The molecule has 1 heterocycles. The third-order valence-corrected chi connectivity index (χ3v) is 6.57. The van der Waals surface area contributed by atoms with Gasteiger partial charge in [0.1, 0.15) is 5.75 Å². The lowest BCUT2D eigenvalue weighted by atomic mass is 9.88. The summed E-state index contributed by atoms with van der Waals surface area (Å²) >= 11 is 0. The Kier molecular flexibility index (Phi) is 8.40. The average molecular weight is 415 g/mol. The van der Waals surface area contributed by atoms with Gasteiger partial charge in [0, 0.05) is 38.6 Å². The van der Waals surface area contributed by atoms with E-state index in [-0.39, 0.29) is 12.0 Å². The number of hydrogen-bond acceptors (Lipinski definition) is 3. The van der Waals surface area contributed by atoms with Crippen molar-refractivity contribution in [2.75, 3.05) is 33.8 Å². The number of nitrogens with zero attached hydrogens (tertiary/aromatic N) is 2. The molecule has 1 amide bonds. The van der Waals surface area contributed by atoms with Gasteiger partial charge in [-0.05, 0) is 49.3 Å². The van der Waals surface area contributed by atoms with Crippen LogP contribution in [0.3, 0.4) is 0 Å². The summed E-state index contributed by atoms with van der Waals surface area (Å²) < 4.78 is 5.24. The molecular weight excluding hydrogens is 376 g/mol. The van der Waals surface area contributed by atoms with Gasteiger partial charge in [-0.2, -0.15) is 0 Å². The van der Waals surface area contributed by atoms with Crippen molar-refractivity contribution in [3.05, 3.63) is 29.8 Å². The lowest BCUT2D eigenvalue weighted by Crippen LogP contribution is -2.45. The summed E-state index contributed by atoms with van der Waals surface area (Å²) in [4.78, 5) is 19.2. The minimum Gasteiger partial charge on any atom is -0.497 e. The second-order valence-corrected chi connectivity index (χ2v) is 8.71. The standard InChI is InChI=1S/C24H38N4O2/c1-18(19-9-11-22(30-3)12-10-19)13-15-26-24(25-2)27-21-14-16-28(17-21)23(29)20-7-5-4-6-8-20/h9-12,18,20-21H,4-8,13-17H2,1-3H3,(H2,25,26,27). The lowest BCUT2D eigenvalue weighted by molar-refractivity contribution is -0.135. The van der Waals surface area contributed by atoms with Crippen molar-refractivity contribution in [2.24, 2.45) is 10.9 Å². The minimum absolute atomic E-state index is 0.259. The summed E-state index contributed by atoms with van der Waals surface area (Å²) in [5.41, 5.74) is 1.31. The topological polar surface area (TPSA) is 66.0 Å². The SMILES string of the molecule is CN=C(NCCC(C)c1ccc(OC)cc1)NC1CCN(C(=O)C2CCCCC2)C1. The molecule has 1 aromatic rings. The Morgan fingerprint density at radius 3 is 2.60 bits per heavy atom. The summed E-state index contributed by atoms with van der Waals surface area (Å²) in [7, 11) is 3.50. The number of rotatable bonds is 7. The molecule has 0 spiro atoms. The normalized spacial score (nSPS) is 21.4. The second-order valence-electron chi connectivity index (χ2n) is 8.71. The van der Waals surface area contributed by atoms with Crippen molar-refractivity contribution in [1.29, 1.82) is 0 Å². The van der Waals surface area contributed by atoms with Gasteiger partial charge in [-0.1, -0.05) is 38.3 Å². The fraction of sp³-hybridized carbons (Fsp3) is 0.667. The molecule has 2 fully saturated rings. The first-order valence-electron chi connectivity index (χ1n) is 11.5. The van der Waals surface area contributed by atoms with Crippen LogP contribution in [0.15, 0.2) is 29.3 Å². The largest absolute Gasteiger partial charge is 0.497 e. The maximum Gasteiger partial charge on any atom is 0.225 e. The van der Waals surface area contributed by atoms with Gasteiger partial charge >= 0.3 is 0 Å². The molecule has 2 aliphatic rings. The predicted octanol–water partition coefficient (Wildman–Crippen LogP) is 3.54. The zero-order chi connectivity index (χ0) is 21.3. The number of amides is 1. The Bertz CT molecular complexity index is 698. The van der Waals surface area contributed by atoms with Gasteiger partial charge in [0.05, 0.1) is 7.11 Å². The van der Waals surface area contributed by atoms with Crippen LogP contribution in [-0.2, 0) is 4.79 Å². The quantitative estimate of drug-likeness (QED) is 0.529. The average Bonchev–Trinajstić information content (AvgIpc) is 3.27. The van der Waals surface area contributed by atoms with E-state index >= 15 is 0 Å². The van der Waals surface area contributed by atoms with E-state index in [9.17, 15) is 4.79 Å². The molecule has 1 aliphatic heterocycles. The molecule has 0 radical (unpaired) electrons. The zero-order valence-electron chi connectivity index (χ0n) is 18.8. The number of aliphatic imine (C=N–C) groups is 1. The fourth-order valence-electron chi connectivity index (χ4n) is 4.58. The highest BCUT2D eigenvalue weighted by Gasteiger charge is 2.31. The van der Waals surface area contributed by atoms with Crippen molar-refractivity contribution in [1.82, 2.24) is 15.5 Å². The molecule has 30 heavy (non-hydrogen) atoms. The molecular formula is C24H38N4O2. The molecule has 1 aromatic carbocycles. The van der Waals surface area contributed by atoms with Gasteiger partial charge in [-0.3, -0.25) is 9.79 Å². The van der Waals surface area contributed by atoms with E-state index in [4.69, 9.17) is 4.74 Å². The molecule has 166 valence electrons. The molecule has 2 atom stereocenters. The van der Waals surface area contributed by atoms with Gasteiger partial charge in [0.15, 0.2) is 5.96 Å². The maximum absolute atomic E-state index is 12.8. The number of carbonyl (C=O) groups excluding carboxylic acids is 1. The Hall–Kier alpha value is -2.24. The van der Waals surface area contributed by atoms with Gasteiger partial charge in [-0.25, -0.2) is 0 Å². The molecule has 1 saturated heterocycles. The van der Waals surface area contributed by atoms with E-state index in [1.54, 1.807) is 7.11 Å². The third kappa shape index (κ3) is 6.13. The number of nitrogens with one attached hydrogen (secondary N) is 2. The smallest absolute Gasteiger partial charge is 0.225 e. The molecule has 6 heteroatoms. The Morgan fingerprint density at radius 2 is 1.93 bits per heavy atom. The van der Waals surface area contributed by atoms with E-state index in [0.717, 1.165) is 57.0 Å². The van der Waals surface area contributed by atoms with Gasteiger partial charge in [-0.15, -0.1) is 0 Å². The zero-order valence-corrected chi connectivity index (χ0v) is 18.8. The van der Waals surface area contributed by atoms with Crippen LogP contribution in [0.25, 0.3) is 0 Å². The fourth-order valence-corrected chi connectivity index (χ4v) is 4.58. The van der Waals surface area contributed by atoms with Crippen LogP contribution in [0.5, 0.6) is 5.75 Å². The molecule has 2 N–H and O–H groups in total. The Labute approximate surface area is 181 Å². The predicted molar refractivity (Wildman–Crippen MR) is 122 cm³/mol. The highest BCUT2D eigenvalue weighted by Crippen LogP contribution is 2.27. The lowest BCUT2D eigenvalue weighted by Gasteiger charge is -2.26. The van der Waals surface area contributed by atoms with Crippen LogP contribution in [0.1, 0.15) is 63.4 Å². The van der Waals surface area contributed by atoms with E-state index in [1.165, 1.54) is 24.8 Å². The number of likely N-dealkylation sites (tertiary alicyclic amines) is 1. The number of carbonyl (C=O) groups is 1. The maximum atomic E-state index is 12.8. The molecule has 6 nitrogen and oxygen atoms in total. The summed E-state index contributed by atoms with van der Waals surface area (Å²) in [6.07, 6.45) is 7.85. The first-order chi connectivity index (χ1) is 14.6. The Balaban J connectivity index is 1.39. The molecule has 0 aromatic heterocycles. The number of guanidine groups is 1. The van der Waals surface area contributed by atoms with Crippen molar-refractivity contribution < 1.29 is 9.53 Å². The Morgan fingerprint density at radius 1 is 1.20 bits per heavy atom. The minimum atomic E-state index is 0.259. The monoisotopic (exact) mass is 414 g/mol. The highest BCUT2D eigenvalue weighted by atomic mass is 16.5. The van der Waals surface area contributed by atoms with Crippen LogP contribution in [0.4, 0.5) is 0 Å². The van der Waals surface area contributed by atoms with E-state index < -0.39 is 0 Å². The van der Waals surface area contributed by atoms with Gasteiger partial charge in [0.25, 0.3) is 0 Å². The first-order valence-corrected chi connectivity index (χ1v) is 11.5. The van der Waals surface area contributed by atoms with Crippen molar-refractivity contribution in [3.8, 4) is 5.75 Å². The van der Waals surface area contributed by atoms with E-state index in [1.807, 2.05) is 19.2 Å². The van der Waals surface area contributed by atoms with Gasteiger partial charge in [0.2, 0.25) is 5.91 Å². The second kappa shape index (κ2) is 11.2. The molecule has 1 aliphatic carbocycles. The molecule has 0 bridgehead atoms. The van der Waals surface area contributed by atoms with Crippen molar-refractivity contribution >= 4 is 11.9 Å². The third-order valence-electron chi connectivity index (χ3n) is 6.57. The van der Waals surface area contributed by atoms with Crippen LogP contribution in [0, 0.1) is 5.92 Å². The van der Waals surface area contributed by atoms with Crippen LogP contribution in [0.2, 0.25) is 0 Å². The summed E-state index contributed by atoms with van der Waals surface area (Å²) in [6.45, 7) is 4.74. The summed E-state index contributed by atoms with van der Waals surface area (Å²) in [5.74, 6) is 2.80. The summed E-state index contributed by atoms with van der Waals surface area (Å²) in [5, 5.41) is 6.95. The number of benzene rings is 1. The first kappa shape index (κ1) is 22.4.